The molecule has 88 valence electrons. The summed E-state index contributed by atoms with van der Waals surface area (Å²) in [5.41, 5.74) is 0.937. The van der Waals surface area contributed by atoms with Gasteiger partial charge in [0, 0.05) is 23.5 Å². The van der Waals surface area contributed by atoms with Crippen molar-refractivity contribution in [1.82, 2.24) is 4.98 Å². The van der Waals surface area contributed by atoms with Gasteiger partial charge in [-0.05, 0) is 0 Å². The van der Waals surface area contributed by atoms with Gasteiger partial charge < -0.3 is 10.2 Å². The van der Waals surface area contributed by atoms with Crippen LogP contribution >= 0.6 is 11.3 Å². The zero-order valence-electron chi connectivity index (χ0n) is 8.96. The molecule has 2 N–H and O–H groups in total. The van der Waals surface area contributed by atoms with Gasteiger partial charge in [0.25, 0.3) is 0 Å². The van der Waals surface area contributed by atoms with E-state index >= 15 is 0 Å². The standard InChI is InChI=1S/C12H11NO3S/c14-7-6-9-10(12(15)16)13-11(17-9)8-4-2-1-3-5-8/h1-5,14H,6-7H2,(H,15,16). The Labute approximate surface area is 102 Å². The second-order valence-corrected chi connectivity index (χ2v) is 4.52. The predicted molar refractivity (Wildman–Crippen MR) is 65.3 cm³/mol. The topological polar surface area (TPSA) is 70.4 Å². The normalized spacial score (nSPS) is 10.4. The number of carbonyl (C=O) groups is 1. The maximum atomic E-state index is 11.0. The number of carboxylic acid groups (broad SMARTS) is 1. The molecule has 0 fully saturated rings. The van der Waals surface area contributed by atoms with Gasteiger partial charge in [-0.2, -0.15) is 0 Å². The zero-order chi connectivity index (χ0) is 12.3. The number of benzene rings is 1. The van der Waals surface area contributed by atoms with Gasteiger partial charge in [-0.1, -0.05) is 30.3 Å². The molecule has 2 rings (SSSR count). The molecule has 0 aliphatic rings. The Morgan fingerprint density at radius 1 is 1.29 bits per heavy atom. The Morgan fingerprint density at radius 2 is 2.00 bits per heavy atom. The molecule has 0 atom stereocenters. The first-order valence-electron chi connectivity index (χ1n) is 5.11. The van der Waals surface area contributed by atoms with Gasteiger partial charge in [0.1, 0.15) is 5.01 Å². The van der Waals surface area contributed by atoms with Crippen molar-refractivity contribution in [2.24, 2.45) is 0 Å². The van der Waals surface area contributed by atoms with Crippen molar-refractivity contribution in [3.8, 4) is 10.6 Å². The van der Waals surface area contributed by atoms with Gasteiger partial charge in [-0.3, -0.25) is 0 Å². The molecule has 1 aromatic carbocycles. The Hall–Kier alpha value is -1.72. The Kier molecular flexibility index (Phi) is 3.51. The third-order valence-corrected chi connectivity index (χ3v) is 3.42. The Bertz CT molecular complexity index is 522. The minimum absolute atomic E-state index is 0.0444. The van der Waals surface area contributed by atoms with E-state index < -0.39 is 5.97 Å². The molecule has 0 unspecified atom stereocenters. The number of aliphatic hydroxyl groups is 1. The highest BCUT2D eigenvalue weighted by atomic mass is 32.1. The summed E-state index contributed by atoms with van der Waals surface area (Å²) in [5, 5.41) is 18.6. The average molecular weight is 249 g/mol. The molecule has 0 spiro atoms. The summed E-state index contributed by atoms with van der Waals surface area (Å²) in [5.74, 6) is -1.05. The third-order valence-electron chi connectivity index (χ3n) is 2.26. The van der Waals surface area contributed by atoms with Crippen LogP contribution in [-0.2, 0) is 6.42 Å². The van der Waals surface area contributed by atoms with E-state index in [4.69, 9.17) is 10.2 Å². The number of aliphatic hydroxyl groups excluding tert-OH is 1. The largest absolute Gasteiger partial charge is 0.476 e. The van der Waals surface area contributed by atoms with Gasteiger partial charge >= 0.3 is 5.97 Å². The van der Waals surface area contributed by atoms with Crippen LogP contribution in [0.1, 0.15) is 15.4 Å². The number of thiazole rings is 1. The minimum atomic E-state index is -1.05. The first-order valence-corrected chi connectivity index (χ1v) is 5.93. The van der Waals surface area contributed by atoms with E-state index in [0.717, 1.165) is 5.56 Å². The van der Waals surface area contributed by atoms with Gasteiger partial charge in [-0.25, -0.2) is 9.78 Å². The maximum absolute atomic E-state index is 11.0. The molecule has 17 heavy (non-hydrogen) atoms. The summed E-state index contributed by atoms with van der Waals surface area (Å²) < 4.78 is 0. The number of rotatable bonds is 4. The van der Waals surface area contributed by atoms with E-state index in [2.05, 4.69) is 4.98 Å². The summed E-state index contributed by atoms with van der Waals surface area (Å²) in [6.07, 6.45) is 0.326. The molecular formula is C12H11NO3S. The van der Waals surface area contributed by atoms with Gasteiger partial charge in [0.05, 0.1) is 0 Å². The number of aromatic carboxylic acids is 1. The molecule has 0 radical (unpaired) electrons. The van der Waals surface area contributed by atoms with E-state index in [1.165, 1.54) is 11.3 Å². The third kappa shape index (κ3) is 2.51. The molecule has 0 aliphatic heterocycles. The van der Waals surface area contributed by atoms with Gasteiger partial charge in [-0.15, -0.1) is 11.3 Å². The first-order chi connectivity index (χ1) is 8.22. The van der Waals surface area contributed by atoms with E-state index in [1.807, 2.05) is 30.3 Å². The fraction of sp³-hybridized carbons (Fsp3) is 0.167. The number of aromatic nitrogens is 1. The molecule has 1 heterocycles. The number of hydrogen-bond acceptors (Lipinski definition) is 4. The summed E-state index contributed by atoms with van der Waals surface area (Å²) in [4.78, 5) is 15.7. The van der Waals surface area contributed by atoms with Crippen molar-refractivity contribution in [2.45, 2.75) is 6.42 Å². The van der Waals surface area contributed by atoms with Crippen molar-refractivity contribution in [2.75, 3.05) is 6.61 Å². The number of carboxylic acids is 1. The SMILES string of the molecule is O=C(O)c1nc(-c2ccccc2)sc1CCO. The van der Waals surface area contributed by atoms with Crippen molar-refractivity contribution in [1.29, 1.82) is 0 Å². The van der Waals surface area contributed by atoms with Crippen molar-refractivity contribution in [3.05, 3.63) is 40.9 Å². The minimum Gasteiger partial charge on any atom is -0.476 e. The number of hydrogen-bond donors (Lipinski definition) is 2. The summed E-state index contributed by atoms with van der Waals surface area (Å²) in [6.45, 7) is -0.0727. The molecular weight excluding hydrogens is 238 g/mol. The van der Waals surface area contributed by atoms with Gasteiger partial charge in [0.2, 0.25) is 0 Å². The lowest BCUT2D eigenvalue weighted by Crippen LogP contribution is -2.02. The molecule has 0 aliphatic carbocycles. The molecule has 0 saturated carbocycles. The second-order valence-electron chi connectivity index (χ2n) is 3.44. The van der Waals surface area contributed by atoms with Crippen molar-refractivity contribution in [3.63, 3.8) is 0 Å². The Balaban J connectivity index is 2.44. The molecule has 4 nitrogen and oxygen atoms in total. The Morgan fingerprint density at radius 3 is 2.59 bits per heavy atom. The molecule has 0 bridgehead atoms. The summed E-state index contributed by atoms with van der Waals surface area (Å²) in [6, 6.07) is 9.41. The molecule has 0 saturated heterocycles. The average Bonchev–Trinajstić information content (AvgIpc) is 2.75. The van der Waals surface area contributed by atoms with Gasteiger partial charge in [0.15, 0.2) is 5.69 Å². The van der Waals surface area contributed by atoms with Crippen LogP contribution in [-0.4, -0.2) is 27.8 Å². The molecule has 2 aromatic rings. The molecule has 5 heteroatoms. The first kappa shape index (κ1) is 11.8. The lowest BCUT2D eigenvalue weighted by molar-refractivity contribution is 0.0690. The monoisotopic (exact) mass is 249 g/mol. The molecule has 0 amide bonds. The van der Waals surface area contributed by atoms with Crippen LogP contribution in [0.2, 0.25) is 0 Å². The highest BCUT2D eigenvalue weighted by molar-refractivity contribution is 7.15. The second kappa shape index (κ2) is 5.07. The lowest BCUT2D eigenvalue weighted by atomic mass is 10.2. The van der Waals surface area contributed by atoms with E-state index in [1.54, 1.807) is 0 Å². The zero-order valence-corrected chi connectivity index (χ0v) is 9.78. The van der Waals surface area contributed by atoms with Crippen LogP contribution < -0.4 is 0 Å². The van der Waals surface area contributed by atoms with Crippen LogP contribution in [0, 0.1) is 0 Å². The van der Waals surface area contributed by atoms with E-state index in [-0.39, 0.29) is 12.3 Å². The van der Waals surface area contributed by atoms with Crippen LogP contribution in [0.25, 0.3) is 10.6 Å². The smallest absolute Gasteiger partial charge is 0.355 e. The highest BCUT2D eigenvalue weighted by Gasteiger charge is 2.17. The quantitative estimate of drug-likeness (QED) is 0.870. The van der Waals surface area contributed by atoms with Crippen LogP contribution in [0.15, 0.2) is 30.3 Å². The summed E-state index contributed by atoms with van der Waals surface area (Å²) >= 11 is 1.31. The lowest BCUT2D eigenvalue weighted by Gasteiger charge is -1.92. The van der Waals surface area contributed by atoms with Crippen molar-refractivity contribution < 1.29 is 15.0 Å². The fourth-order valence-corrected chi connectivity index (χ4v) is 2.54. The van der Waals surface area contributed by atoms with E-state index in [0.29, 0.717) is 16.3 Å². The fourth-order valence-electron chi connectivity index (χ4n) is 1.49. The van der Waals surface area contributed by atoms with Crippen LogP contribution in [0.5, 0.6) is 0 Å². The van der Waals surface area contributed by atoms with E-state index in [9.17, 15) is 4.79 Å². The van der Waals surface area contributed by atoms with Crippen LogP contribution in [0.4, 0.5) is 0 Å². The van der Waals surface area contributed by atoms with Crippen molar-refractivity contribution >= 4 is 17.3 Å². The maximum Gasteiger partial charge on any atom is 0.355 e. The molecule has 1 aromatic heterocycles. The highest BCUT2D eigenvalue weighted by Crippen LogP contribution is 2.28. The predicted octanol–water partition coefficient (Wildman–Crippen LogP) is 2.04. The number of nitrogens with zero attached hydrogens (tertiary/aromatic N) is 1. The van der Waals surface area contributed by atoms with Crippen LogP contribution in [0.3, 0.4) is 0 Å². The summed E-state index contributed by atoms with van der Waals surface area (Å²) in [7, 11) is 0.